The highest BCUT2D eigenvalue weighted by Gasteiger charge is 2.24. The Kier molecular flexibility index (Phi) is 6.20. The molecule has 1 fully saturated rings. The van der Waals surface area contributed by atoms with Crippen molar-refractivity contribution in [3.8, 4) is 0 Å². The van der Waals surface area contributed by atoms with Crippen LogP contribution in [0.1, 0.15) is 32.6 Å². The lowest BCUT2D eigenvalue weighted by Crippen LogP contribution is -2.44. The second kappa shape index (κ2) is 8.14. The van der Waals surface area contributed by atoms with E-state index >= 15 is 0 Å². The number of rotatable bonds is 6. The number of likely N-dealkylation sites (N-methyl/N-ethyl adjacent to an activating group) is 1. The van der Waals surface area contributed by atoms with Crippen molar-refractivity contribution in [1.29, 1.82) is 0 Å². The Morgan fingerprint density at radius 2 is 1.86 bits per heavy atom. The number of nitrogens with zero attached hydrogens (tertiary/aromatic N) is 2. The van der Waals surface area contributed by atoms with Crippen LogP contribution in [0.5, 0.6) is 0 Å². The molecule has 22 heavy (non-hydrogen) atoms. The van der Waals surface area contributed by atoms with Gasteiger partial charge in [0.2, 0.25) is 5.91 Å². The largest absolute Gasteiger partial charge is 0.308 e. The van der Waals surface area contributed by atoms with Gasteiger partial charge in [-0.15, -0.1) is 6.58 Å². The van der Waals surface area contributed by atoms with Crippen molar-refractivity contribution in [1.82, 2.24) is 4.90 Å². The van der Waals surface area contributed by atoms with Crippen LogP contribution < -0.4 is 4.90 Å². The summed E-state index contributed by atoms with van der Waals surface area (Å²) in [5, 5.41) is 0. The summed E-state index contributed by atoms with van der Waals surface area (Å²) in [6.07, 6.45) is 6.75. The third kappa shape index (κ3) is 4.44. The molecule has 120 valence electrons. The highest BCUT2D eigenvalue weighted by molar-refractivity contribution is 5.95. The maximum absolute atomic E-state index is 12.7. The first kappa shape index (κ1) is 16.8. The zero-order chi connectivity index (χ0) is 15.9. The Bertz CT molecular complexity index is 477. The average Bonchev–Trinajstić information content (AvgIpc) is 2.53. The molecule has 0 unspecified atom stereocenters. The summed E-state index contributed by atoms with van der Waals surface area (Å²) >= 11 is 0. The molecule has 0 aliphatic heterocycles. The molecule has 1 aliphatic carbocycles. The normalized spacial score (nSPS) is 21.6. The first-order chi connectivity index (χ1) is 10.6. The highest BCUT2D eigenvalue weighted by atomic mass is 16.2. The van der Waals surface area contributed by atoms with Crippen LogP contribution in [0, 0.1) is 5.92 Å². The minimum absolute atomic E-state index is 0.146. The summed E-state index contributed by atoms with van der Waals surface area (Å²) in [5.41, 5.74) is 0.943. The van der Waals surface area contributed by atoms with Crippen molar-refractivity contribution >= 4 is 11.6 Å². The van der Waals surface area contributed by atoms with Gasteiger partial charge in [-0.05, 0) is 50.8 Å². The van der Waals surface area contributed by atoms with Crippen LogP contribution in [0.3, 0.4) is 0 Å². The summed E-state index contributed by atoms with van der Waals surface area (Å²) in [6.45, 7) is 7.13. The number of hydrogen-bond donors (Lipinski definition) is 0. The molecule has 0 heterocycles. The molecule has 1 aromatic carbocycles. The Morgan fingerprint density at radius 1 is 1.23 bits per heavy atom. The van der Waals surface area contributed by atoms with Crippen molar-refractivity contribution < 1.29 is 4.79 Å². The van der Waals surface area contributed by atoms with E-state index in [1.807, 2.05) is 35.2 Å². The first-order valence-electron chi connectivity index (χ1n) is 8.28. The van der Waals surface area contributed by atoms with E-state index in [1.165, 1.54) is 25.7 Å². The molecular formula is C19H28N2O. The molecule has 3 heteroatoms. The third-order valence-electron chi connectivity index (χ3n) is 4.67. The molecule has 3 nitrogen and oxygen atoms in total. The fourth-order valence-electron chi connectivity index (χ4n) is 3.20. The lowest BCUT2D eigenvalue weighted by molar-refractivity contribution is -0.120. The van der Waals surface area contributed by atoms with Gasteiger partial charge in [0.15, 0.2) is 0 Å². The van der Waals surface area contributed by atoms with Gasteiger partial charge in [0.1, 0.15) is 0 Å². The molecule has 0 saturated heterocycles. The van der Waals surface area contributed by atoms with E-state index in [-0.39, 0.29) is 5.91 Å². The van der Waals surface area contributed by atoms with Gasteiger partial charge in [0.25, 0.3) is 0 Å². The van der Waals surface area contributed by atoms with Crippen LogP contribution in [0.15, 0.2) is 43.0 Å². The summed E-state index contributed by atoms with van der Waals surface area (Å²) < 4.78 is 0. The van der Waals surface area contributed by atoms with E-state index in [4.69, 9.17) is 0 Å². The predicted molar refractivity (Wildman–Crippen MR) is 93.0 cm³/mol. The summed E-state index contributed by atoms with van der Waals surface area (Å²) in [6, 6.07) is 10.4. The fourth-order valence-corrected chi connectivity index (χ4v) is 3.20. The standard InChI is InChI=1S/C19H28N2O/c1-4-14-21(18-8-6-5-7-9-18)19(22)15-20(3)17-12-10-16(2)11-13-17/h4-9,16-17H,1,10-15H2,2-3H3. The van der Waals surface area contributed by atoms with E-state index in [2.05, 4.69) is 25.5 Å². The molecule has 0 aromatic heterocycles. The van der Waals surface area contributed by atoms with Gasteiger partial charge in [0.05, 0.1) is 6.54 Å². The molecule has 2 rings (SSSR count). The smallest absolute Gasteiger partial charge is 0.241 e. The number of hydrogen-bond acceptors (Lipinski definition) is 2. The quantitative estimate of drug-likeness (QED) is 0.748. The van der Waals surface area contributed by atoms with E-state index in [0.717, 1.165) is 11.6 Å². The lowest BCUT2D eigenvalue weighted by Gasteiger charge is -2.34. The zero-order valence-corrected chi connectivity index (χ0v) is 13.9. The molecule has 0 radical (unpaired) electrons. The van der Waals surface area contributed by atoms with Crippen LogP contribution in [0.25, 0.3) is 0 Å². The molecule has 0 spiro atoms. The zero-order valence-electron chi connectivity index (χ0n) is 13.9. The Balaban J connectivity index is 1.97. The molecule has 1 aromatic rings. The van der Waals surface area contributed by atoms with Crippen molar-refractivity contribution in [2.45, 2.75) is 38.6 Å². The molecule has 0 bridgehead atoms. The van der Waals surface area contributed by atoms with E-state index in [9.17, 15) is 4.79 Å². The van der Waals surface area contributed by atoms with Gasteiger partial charge in [-0.1, -0.05) is 31.2 Å². The molecule has 0 N–H and O–H groups in total. The van der Waals surface area contributed by atoms with Gasteiger partial charge in [-0.25, -0.2) is 0 Å². The highest BCUT2D eigenvalue weighted by Crippen LogP contribution is 2.26. The van der Waals surface area contributed by atoms with E-state index in [0.29, 0.717) is 19.1 Å². The first-order valence-corrected chi connectivity index (χ1v) is 8.28. The average molecular weight is 300 g/mol. The Labute approximate surface area is 134 Å². The van der Waals surface area contributed by atoms with Gasteiger partial charge >= 0.3 is 0 Å². The van der Waals surface area contributed by atoms with Crippen molar-refractivity contribution in [3.63, 3.8) is 0 Å². The van der Waals surface area contributed by atoms with Crippen molar-refractivity contribution in [2.75, 3.05) is 25.0 Å². The second-order valence-electron chi connectivity index (χ2n) is 6.46. The SMILES string of the molecule is C=CCN(C(=O)CN(C)C1CCC(C)CC1)c1ccccc1. The number of para-hydroxylation sites is 1. The van der Waals surface area contributed by atoms with Crippen LogP contribution in [0.4, 0.5) is 5.69 Å². The second-order valence-corrected chi connectivity index (χ2v) is 6.46. The van der Waals surface area contributed by atoms with Crippen LogP contribution >= 0.6 is 0 Å². The summed E-state index contributed by atoms with van der Waals surface area (Å²) in [4.78, 5) is 16.7. The van der Waals surface area contributed by atoms with Gasteiger partial charge in [0, 0.05) is 18.3 Å². The maximum atomic E-state index is 12.7. The topological polar surface area (TPSA) is 23.6 Å². The third-order valence-corrected chi connectivity index (χ3v) is 4.67. The number of amides is 1. The lowest BCUT2D eigenvalue weighted by atomic mass is 9.87. The predicted octanol–water partition coefficient (Wildman–Crippen LogP) is 3.72. The molecule has 0 atom stereocenters. The van der Waals surface area contributed by atoms with Crippen LogP contribution in [-0.4, -0.2) is 37.0 Å². The van der Waals surface area contributed by atoms with E-state index < -0.39 is 0 Å². The van der Waals surface area contributed by atoms with Crippen LogP contribution in [-0.2, 0) is 4.79 Å². The molecule has 1 aliphatic rings. The number of anilines is 1. The Hall–Kier alpha value is -1.61. The van der Waals surface area contributed by atoms with E-state index in [1.54, 1.807) is 6.08 Å². The number of benzene rings is 1. The van der Waals surface area contributed by atoms with Gasteiger partial charge in [-0.2, -0.15) is 0 Å². The minimum atomic E-state index is 0.146. The fraction of sp³-hybridized carbons (Fsp3) is 0.526. The minimum Gasteiger partial charge on any atom is -0.308 e. The summed E-state index contributed by atoms with van der Waals surface area (Å²) in [5.74, 6) is 0.981. The van der Waals surface area contributed by atoms with Gasteiger partial charge < -0.3 is 4.90 Å². The molecule has 1 saturated carbocycles. The number of carbonyl (C=O) groups excluding carboxylic acids is 1. The van der Waals surface area contributed by atoms with Crippen molar-refractivity contribution in [3.05, 3.63) is 43.0 Å². The molecule has 1 amide bonds. The summed E-state index contributed by atoms with van der Waals surface area (Å²) in [7, 11) is 2.08. The van der Waals surface area contributed by atoms with Crippen LogP contribution in [0.2, 0.25) is 0 Å². The maximum Gasteiger partial charge on any atom is 0.241 e. The number of carbonyl (C=O) groups is 1. The van der Waals surface area contributed by atoms with Crippen molar-refractivity contribution in [2.24, 2.45) is 5.92 Å². The monoisotopic (exact) mass is 300 g/mol. The molecular weight excluding hydrogens is 272 g/mol. The Morgan fingerprint density at radius 3 is 2.45 bits per heavy atom. The van der Waals surface area contributed by atoms with Gasteiger partial charge in [-0.3, -0.25) is 9.69 Å².